The monoisotopic (exact) mass is 290 g/mol. The molecule has 0 saturated carbocycles. The summed E-state index contributed by atoms with van der Waals surface area (Å²) in [5.74, 6) is -2.13. The van der Waals surface area contributed by atoms with Crippen molar-refractivity contribution in [3.63, 3.8) is 0 Å². The first kappa shape index (κ1) is 15.9. The van der Waals surface area contributed by atoms with Crippen LogP contribution in [-0.4, -0.2) is 28.0 Å². The molecule has 0 fully saturated rings. The second-order valence-corrected chi connectivity index (χ2v) is 4.11. The van der Waals surface area contributed by atoms with Gasteiger partial charge in [0.1, 0.15) is 6.04 Å². The summed E-state index contributed by atoms with van der Waals surface area (Å²) in [5.41, 5.74) is -1.39. The largest absolute Gasteiger partial charge is 0.480 e. The summed E-state index contributed by atoms with van der Waals surface area (Å²) in [6, 6.07) is -0.505. The maximum atomic E-state index is 12.5. The first-order chi connectivity index (χ1) is 9.25. The van der Waals surface area contributed by atoms with E-state index in [-0.39, 0.29) is 12.0 Å². The zero-order chi connectivity index (χ0) is 15.3. The molecule has 1 rings (SSSR count). The Labute approximate surface area is 112 Å². The number of amides is 1. The molecule has 1 aromatic heterocycles. The summed E-state index contributed by atoms with van der Waals surface area (Å²) in [7, 11) is 0. The minimum atomic E-state index is -4.61. The maximum Gasteiger partial charge on any atom is 0.417 e. The number of halogens is 3. The van der Waals surface area contributed by atoms with Gasteiger partial charge in [-0.15, -0.1) is 0 Å². The third-order valence-corrected chi connectivity index (χ3v) is 2.51. The van der Waals surface area contributed by atoms with Crippen molar-refractivity contribution in [2.45, 2.75) is 32.0 Å². The van der Waals surface area contributed by atoms with Gasteiger partial charge in [-0.3, -0.25) is 9.78 Å². The third kappa shape index (κ3) is 4.22. The highest BCUT2D eigenvalue weighted by Crippen LogP contribution is 2.28. The van der Waals surface area contributed by atoms with Crippen molar-refractivity contribution in [3.05, 3.63) is 29.6 Å². The van der Waals surface area contributed by atoms with E-state index in [9.17, 15) is 22.8 Å². The van der Waals surface area contributed by atoms with E-state index in [1.54, 1.807) is 6.92 Å². The van der Waals surface area contributed by atoms with Crippen LogP contribution in [0.3, 0.4) is 0 Å². The molecule has 2 N–H and O–H groups in total. The Morgan fingerprint density at radius 1 is 1.40 bits per heavy atom. The fourth-order valence-corrected chi connectivity index (χ4v) is 1.51. The van der Waals surface area contributed by atoms with Crippen LogP contribution in [0.15, 0.2) is 18.5 Å². The molecule has 1 unspecified atom stereocenters. The van der Waals surface area contributed by atoms with Crippen molar-refractivity contribution in [2.75, 3.05) is 0 Å². The molecule has 0 aromatic carbocycles. The smallest absolute Gasteiger partial charge is 0.417 e. The summed E-state index contributed by atoms with van der Waals surface area (Å²) >= 11 is 0. The van der Waals surface area contributed by atoms with Gasteiger partial charge in [0.25, 0.3) is 5.91 Å². The lowest BCUT2D eigenvalue weighted by Gasteiger charge is -2.14. The van der Waals surface area contributed by atoms with Gasteiger partial charge in [0.2, 0.25) is 0 Å². The van der Waals surface area contributed by atoms with Crippen LogP contribution in [0.5, 0.6) is 0 Å². The second-order valence-electron chi connectivity index (χ2n) is 4.11. The molecule has 1 aromatic rings. The van der Waals surface area contributed by atoms with Gasteiger partial charge in [-0.05, 0) is 12.5 Å². The van der Waals surface area contributed by atoms with Crippen LogP contribution in [-0.2, 0) is 11.0 Å². The summed E-state index contributed by atoms with van der Waals surface area (Å²) in [6.45, 7) is 1.73. The number of nitrogens with zero attached hydrogens (tertiary/aromatic N) is 1. The summed E-state index contributed by atoms with van der Waals surface area (Å²) in [5, 5.41) is 11.0. The predicted molar refractivity (Wildman–Crippen MR) is 63.0 cm³/mol. The molecule has 110 valence electrons. The lowest BCUT2D eigenvalue weighted by molar-refractivity contribution is -0.139. The van der Waals surface area contributed by atoms with E-state index in [4.69, 9.17) is 5.11 Å². The number of hydrogen-bond donors (Lipinski definition) is 2. The minimum absolute atomic E-state index is 0.188. The topological polar surface area (TPSA) is 79.3 Å². The van der Waals surface area contributed by atoms with Crippen LogP contribution in [0.2, 0.25) is 0 Å². The van der Waals surface area contributed by atoms with Crippen LogP contribution < -0.4 is 5.32 Å². The van der Waals surface area contributed by atoms with Crippen molar-refractivity contribution in [2.24, 2.45) is 0 Å². The Hall–Kier alpha value is -2.12. The summed E-state index contributed by atoms with van der Waals surface area (Å²) in [4.78, 5) is 25.9. The Kier molecular flexibility index (Phi) is 5.06. The van der Waals surface area contributed by atoms with E-state index >= 15 is 0 Å². The number of carboxylic acids is 1. The Bertz CT molecular complexity index is 503. The van der Waals surface area contributed by atoms with E-state index in [0.29, 0.717) is 18.7 Å². The van der Waals surface area contributed by atoms with Crippen LogP contribution in [0.25, 0.3) is 0 Å². The molecule has 1 atom stereocenters. The fraction of sp³-hybridized carbons (Fsp3) is 0.417. The molecular weight excluding hydrogens is 277 g/mol. The predicted octanol–water partition coefficient (Wildman–Crippen LogP) is 2.08. The van der Waals surface area contributed by atoms with E-state index in [2.05, 4.69) is 10.3 Å². The highest BCUT2D eigenvalue weighted by molar-refractivity contribution is 5.96. The number of hydrogen-bond acceptors (Lipinski definition) is 3. The van der Waals surface area contributed by atoms with Gasteiger partial charge in [0.15, 0.2) is 0 Å². The zero-order valence-electron chi connectivity index (χ0n) is 10.6. The van der Waals surface area contributed by atoms with Crippen molar-refractivity contribution in [1.29, 1.82) is 0 Å². The average Bonchev–Trinajstić information content (AvgIpc) is 2.37. The first-order valence-corrected chi connectivity index (χ1v) is 5.81. The third-order valence-electron chi connectivity index (χ3n) is 2.51. The maximum absolute atomic E-state index is 12.5. The van der Waals surface area contributed by atoms with Gasteiger partial charge in [-0.2, -0.15) is 13.2 Å². The molecule has 0 aliphatic rings. The van der Waals surface area contributed by atoms with Crippen molar-refractivity contribution < 1.29 is 27.9 Å². The highest BCUT2D eigenvalue weighted by Gasteiger charge is 2.31. The molecule has 20 heavy (non-hydrogen) atoms. The summed E-state index contributed by atoms with van der Waals surface area (Å²) in [6.07, 6.45) is -2.36. The van der Waals surface area contributed by atoms with E-state index in [1.165, 1.54) is 0 Å². The molecule has 0 aliphatic heterocycles. The molecule has 0 saturated heterocycles. The molecule has 0 spiro atoms. The van der Waals surface area contributed by atoms with Gasteiger partial charge < -0.3 is 10.4 Å². The number of carbonyl (C=O) groups is 2. The molecular formula is C12H13F3N2O3. The standard InChI is InChI=1S/C12H13F3N2O3/c1-2-3-9(11(19)20)17-10(18)7-4-8(6-16-5-7)12(13,14)15/h4-6,9H,2-3H2,1H3,(H,17,18)(H,19,20). The number of rotatable bonds is 5. The van der Waals surface area contributed by atoms with Gasteiger partial charge in [0, 0.05) is 12.4 Å². The van der Waals surface area contributed by atoms with E-state index < -0.39 is 29.7 Å². The van der Waals surface area contributed by atoms with Gasteiger partial charge in [-0.1, -0.05) is 13.3 Å². The second kappa shape index (κ2) is 6.36. The fourth-order valence-electron chi connectivity index (χ4n) is 1.51. The normalized spacial score (nSPS) is 12.8. The molecule has 8 heteroatoms. The number of aromatic nitrogens is 1. The number of alkyl halides is 3. The number of nitrogens with one attached hydrogen (secondary N) is 1. The Balaban J connectivity index is 2.89. The van der Waals surface area contributed by atoms with E-state index in [1.807, 2.05) is 0 Å². The lowest BCUT2D eigenvalue weighted by Crippen LogP contribution is -2.40. The van der Waals surface area contributed by atoms with Crippen LogP contribution in [0.1, 0.15) is 35.7 Å². The van der Waals surface area contributed by atoms with Crippen molar-refractivity contribution >= 4 is 11.9 Å². The SMILES string of the molecule is CCCC(NC(=O)c1cncc(C(F)(F)F)c1)C(=O)O. The van der Waals surface area contributed by atoms with Crippen LogP contribution in [0.4, 0.5) is 13.2 Å². The Morgan fingerprint density at radius 3 is 2.55 bits per heavy atom. The molecule has 1 heterocycles. The average molecular weight is 290 g/mol. The number of carboxylic acid groups (broad SMARTS) is 1. The van der Waals surface area contributed by atoms with Crippen LogP contribution in [0, 0.1) is 0 Å². The van der Waals surface area contributed by atoms with Gasteiger partial charge in [-0.25, -0.2) is 4.79 Å². The quantitative estimate of drug-likeness (QED) is 0.870. The number of pyridine rings is 1. The first-order valence-electron chi connectivity index (χ1n) is 5.81. The van der Waals surface area contributed by atoms with E-state index in [0.717, 1.165) is 6.20 Å². The molecule has 1 amide bonds. The highest BCUT2D eigenvalue weighted by atomic mass is 19.4. The van der Waals surface area contributed by atoms with Crippen molar-refractivity contribution in [3.8, 4) is 0 Å². The lowest BCUT2D eigenvalue weighted by atomic mass is 10.1. The number of aliphatic carboxylic acids is 1. The molecule has 5 nitrogen and oxygen atoms in total. The van der Waals surface area contributed by atoms with Gasteiger partial charge in [0.05, 0.1) is 11.1 Å². The van der Waals surface area contributed by atoms with Gasteiger partial charge >= 0.3 is 12.1 Å². The summed E-state index contributed by atoms with van der Waals surface area (Å²) < 4.78 is 37.4. The molecule has 0 bridgehead atoms. The van der Waals surface area contributed by atoms with Crippen molar-refractivity contribution in [1.82, 2.24) is 10.3 Å². The number of carbonyl (C=O) groups excluding carboxylic acids is 1. The minimum Gasteiger partial charge on any atom is -0.480 e. The molecule has 0 aliphatic carbocycles. The Morgan fingerprint density at radius 2 is 2.05 bits per heavy atom. The van der Waals surface area contributed by atoms with Crippen LogP contribution >= 0.6 is 0 Å². The zero-order valence-corrected chi connectivity index (χ0v) is 10.6. The molecule has 0 radical (unpaired) electrons.